The number of ether oxygens (including phenoxy) is 2. The van der Waals surface area contributed by atoms with Gasteiger partial charge < -0.3 is 28.1 Å². The summed E-state index contributed by atoms with van der Waals surface area (Å²) >= 11 is 0. The van der Waals surface area contributed by atoms with Crippen molar-refractivity contribution in [2.24, 2.45) is 0 Å². The number of carboxylic acid groups (broad SMARTS) is 1. The lowest BCUT2D eigenvalue weighted by atomic mass is 9.82. The first-order valence-electron chi connectivity index (χ1n) is 41.3. The number of hydrogen-bond acceptors (Lipinski definition) is 16. The van der Waals surface area contributed by atoms with Crippen LogP contribution >= 0.6 is 0 Å². The monoisotopic (exact) mass is 1800 g/mol. The van der Waals surface area contributed by atoms with Gasteiger partial charge in [0.15, 0.2) is 0 Å². The van der Waals surface area contributed by atoms with Gasteiger partial charge in [-0.1, -0.05) is 42.5 Å². The highest BCUT2D eigenvalue weighted by Gasteiger charge is 2.53. The number of carbonyl (C=O) groups excluding carboxylic acids is 2. The summed E-state index contributed by atoms with van der Waals surface area (Å²) in [5.74, 6) is -8.37. The average molecular weight is 1800 g/mol. The first kappa shape index (κ1) is 98.5. The van der Waals surface area contributed by atoms with Gasteiger partial charge in [-0.15, -0.1) is 0 Å². The lowest BCUT2D eigenvalue weighted by molar-refractivity contribution is -0.135. The standard InChI is InChI=1S/C29H32F3N3O2.C28H30F3N3O2.C25H25F6NO5S.C11H19BN2O2/c1-6-34-16-22(15-33-34)20-8-9-23-21(14-20)11-18(2)35(17-29(3,4)32)28(23)27-24(30)12-19(13-25(27)31)7-10-26(36)37-5;1-5-33-15-21(14-32-33)19-7-8-22-20(13-19)10-17(2)34(16-28(3,4)31)27(22)26-23(29)11-18(12-24(26)30)6-9-25(35)36;1-14-9-16-12-17(37-38(34,35)25(29,30)31)6-7-18(16)23(32(14)13-24(2,3)28)22-19(26)10-15(11-20(22)27)5-8-21(33)36-4;1-6-14-8-9(7-13-14)12-15-10(2,3)11(4,5)16-12/h7-10,12-16,18,28H,6,11,17H2,1-5H3;6-9,11-15,17,27H,5,10,16H2,1-4H3,(H,35,36);5-8,10-12,14,23H,9,13H2,1-4H3;7-8H,6H2,1-5H3/b10-7+;9-6+;8-5+;. The van der Waals surface area contributed by atoms with Gasteiger partial charge in [-0.3, -0.25) is 28.7 Å². The van der Waals surface area contributed by atoms with Gasteiger partial charge >= 0.3 is 40.7 Å². The third-order valence-corrected chi connectivity index (χ3v) is 23.5. The van der Waals surface area contributed by atoms with Gasteiger partial charge in [0.1, 0.15) is 57.7 Å². The lowest BCUT2D eigenvalue weighted by Gasteiger charge is -2.44. The van der Waals surface area contributed by atoms with Gasteiger partial charge in [-0.2, -0.15) is 36.9 Å². The van der Waals surface area contributed by atoms with Gasteiger partial charge in [-0.25, -0.2) is 53.9 Å². The molecule has 13 rings (SSSR count). The van der Waals surface area contributed by atoms with Crippen molar-refractivity contribution in [1.29, 1.82) is 0 Å². The number of halogens is 12. The van der Waals surface area contributed by atoms with Crippen molar-refractivity contribution >= 4 is 58.8 Å². The number of alkyl halides is 6. The molecule has 682 valence electrons. The summed E-state index contributed by atoms with van der Waals surface area (Å²) in [6.07, 6.45) is 19.1. The molecule has 4 aliphatic heterocycles. The van der Waals surface area contributed by atoms with E-state index in [1.165, 1.54) is 77.8 Å². The quantitative estimate of drug-likeness (QED) is 0.0157. The number of aliphatic carboxylic acids is 1. The number of hydrogen-bond donors (Lipinski definition) is 1. The number of nitrogens with zero attached hydrogens (tertiary/aromatic N) is 9. The molecule has 6 atom stereocenters. The SMILES string of the molecule is CCn1cc(-c2ccc3c(c2)CC(C)N(CC(C)(C)F)C3c2c(F)cc(/C=C/C(=O)O)cc2F)cn1.CCn1cc(-c2ccc3c(c2)CC(C)N(CC(C)(C)F)C3c2c(F)cc(/C=C/C(=O)OC)cc2F)cn1.CCn1cc(B2OC(C)(C)C(C)(C)O2)cn1.COC(=O)/C=C/c1cc(F)c(C2c3ccc(OS(=O)(=O)C(F)(F)F)cc3CC(C)N2CC(C)(C)F)c(F)c1. The predicted molar refractivity (Wildman–Crippen MR) is 461 cm³/mol. The Labute approximate surface area is 732 Å². The zero-order chi connectivity index (χ0) is 93.7. The van der Waals surface area contributed by atoms with Crippen molar-refractivity contribution in [3.8, 4) is 28.0 Å². The Morgan fingerprint density at radius 3 is 1.09 bits per heavy atom. The zero-order valence-electron chi connectivity index (χ0n) is 74.0. The normalized spacial score (nSPS) is 19.1. The van der Waals surface area contributed by atoms with Crippen LogP contribution in [0.25, 0.3) is 40.5 Å². The van der Waals surface area contributed by atoms with Crippen molar-refractivity contribution < 1.29 is 104 Å². The minimum atomic E-state index is -5.94. The van der Waals surface area contributed by atoms with Crippen LogP contribution in [0, 0.1) is 34.9 Å². The van der Waals surface area contributed by atoms with Gasteiger partial charge in [0.2, 0.25) is 0 Å². The number of fused-ring (bicyclic) bond motifs is 3. The molecular weight excluding hydrogens is 1690 g/mol. The van der Waals surface area contributed by atoms with E-state index in [1.807, 2.05) is 113 Å². The molecule has 20 nitrogen and oxygen atoms in total. The Bertz CT molecular complexity index is 5610. The van der Waals surface area contributed by atoms with E-state index in [-0.39, 0.29) is 95.4 Å². The van der Waals surface area contributed by atoms with E-state index in [1.54, 1.807) is 19.3 Å². The molecule has 0 spiro atoms. The summed E-state index contributed by atoms with van der Waals surface area (Å²) < 4.78 is 229. The first-order valence-corrected chi connectivity index (χ1v) is 42.7. The molecule has 34 heteroatoms. The van der Waals surface area contributed by atoms with Gasteiger partial charge in [0, 0.05) is 134 Å². The second-order valence-electron chi connectivity index (χ2n) is 34.7. The highest BCUT2D eigenvalue weighted by atomic mass is 32.2. The molecule has 3 aromatic heterocycles. The van der Waals surface area contributed by atoms with E-state index in [4.69, 9.17) is 14.4 Å². The lowest BCUT2D eigenvalue weighted by Crippen LogP contribution is -2.48. The van der Waals surface area contributed by atoms with Crippen LogP contribution < -0.4 is 9.65 Å². The van der Waals surface area contributed by atoms with E-state index >= 15 is 26.3 Å². The molecule has 1 fully saturated rings. The van der Waals surface area contributed by atoms with E-state index in [2.05, 4.69) is 63.6 Å². The Balaban J connectivity index is 0.000000182. The molecule has 1 saturated heterocycles. The van der Waals surface area contributed by atoms with Crippen LogP contribution in [0.5, 0.6) is 5.75 Å². The Kier molecular flexibility index (Phi) is 30.7. The summed E-state index contributed by atoms with van der Waals surface area (Å²) in [5.41, 5.74) is -2.96. The second kappa shape index (κ2) is 39.5. The van der Waals surface area contributed by atoms with E-state index in [0.717, 1.165) is 143 Å². The van der Waals surface area contributed by atoms with Crippen LogP contribution in [0.3, 0.4) is 0 Å². The molecule has 4 aliphatic rings. The highest BCUT2D eigenvalue weighted by molar-refractivity contribution is 7.88. The molecule has 0 radical (unpaired) electrons. The minimum absolute atomic E-state index is 0.00612. The number of carbonyl (C=O) groups is 3. The van der Waals surface area contributed by atoms with E-state index < -0.39 is 121 Å². The van der Waals surface area contributed by atoms with Crippen molar-refractivity contribution in [3.05, 3.63) is 248 Å². The molecule has 127 heavy (non-hydrogen) atoms. The third kappa shape index (κ3) is 24.0. The molecule has 0 amide bonds. The molecule has 0 saturated carbocycles. The summed E-state index contributed by atoms with van der Waals surface area (Å²) in [5, 5.41) is 21.8. The topological polar surface area (TPSA) is 215 Å². The molecule has 1 N–H and O–H groups in total. The van der Waals surface area contributed by atoms with Crippen molar-refractivity contribution in [3.63, 3.8) is 0 Å². The summed E-state index contributed by atoms with van der Waals surface area (Å²) in [6.45, 7) is 30.3. The predicted octanol–water partition coefficient (Wildman–Crippen LogP) is 18.8. The third-order valence-electron chi connectivity index (χ3n) is 22.5. The number of esters is 2. The maximum Gasteiger partial charge on any atom is 0.534 e. The zero-order valence-corrected chi connectivity index (χ0v) is 74.8. The van der Waals surface area contributed by atoms with E-state index in [9.17, 15) is 49.1 Å². The molecule has 0 bridgehead atoms. The van der Waals surface area contributed by atoms with Crippen LogP contribution in [0.2, 0.25) is 0 Å². The van der Waals surface area contributed by atoms with Crippen molar-refractivity contribution in [2.45, 2.75) is 220 Å². The summed E-state index contributed by atoms with van der Waals surface area (Å²) in [4.78, 5) is 38.8. The fourth-order valence-corrected chi connectivity index (χ4v) is 16.3. The molecule has 6 aromatic carbocycles. The number of methoxy groups -OCH3 is 2. The second-order valence-corrected chi connectivity index (χ2v) is 36.2. The Hall–Kier alpha value is -10.6. The number of rotatable bonds is 23. The average Bonchev–Trinajstić information content (AvgIpc) is 1.74. The molecule has 0 aliphatic carbocycles. The molecule has 6 unspecified atom stereocenters. The largest absolute Gasteiger partial charge is 0.534 e. The number of aryl methyl sites for hydroxylation is 3. The smallest absolute Gasteiger partial charge is 0.478 e. The van der Waals surface area contributed by atoms with Crippen LogP contribution in [0.15, 0.2) is 146 Å². The van der Waals surface area contributed by atoms with Crippen LogP contribution in [0.1, 0.15) is 196 Å². The Morgan fingerprint density at radius 2 is 0.795 bits per heavy atom. The van der Waals surface area contributed by atoms with Gasteiger partial charge in [0.25, 0.3) is 0 Å². The molecular formula is C93H106BF12N9O11S. The number of benzene rings is 6. The minimum Gasteiger partial charge on any atom is -0.478 e. The van der Waals surface area contributed by atoms with Crippen molar-refractivity contribution in [1.82, 2.24) is 44.0 Å². The van der Waals surface area contributed by atoms with Crippen LogP contribution in [-0.4, -0.2) is 168 Å². The van der Waals surface area contributed by atoms with Crippen LogP contribution in [0.4, 0.5) is 52.7 Å². The van der Waals surface area contributed by atoms with Crippen LogP contribution in [-0.2, 0) is 82.2 Å². The molecule has 9 aromatic rings. The molecule has 7 heterocycles. The fraction of sp³-hybridized carbons (Fsp3) is 0.419. The number of aromatic nitrogens is 6. The van der Waals surface area contributed by atoms with E-state index in [0.29, 0.717) is 12.8 Å². The van der Waals surface area contributed by atoms with Crippen molar-refractivity contribution in [2.75, 3.05) is 33.9 Å². The Morgan fingerprint density at radius 1 is 0.480 bits per heavy atom. The van der Waals surface area contributed by atoms with Gasteiger partial charge in [0.05, 0.1) is 55.9 Å². The fourth-order valence-electron chi connectivity index (χ4n) is 15.9. The van der Waals surface area contributed by atoms with Gasteiger partial charge in [-0.05, 0) is 258 Å². The highest BCUT2D eigenvalue weighted by Crippen LogP contribution is 2.48. The first-order chi connectivity index (χ1) is 59.2. The maximum absolute atomic E-state index is 15.6. The summed E-state index contributed by atoms with van der Waals surface area (Å²) in [6, 6.07) is 17.6. The summed E-state index contributed by atoms with van der Waals surface area (Å²) in [7, 11) is -3.89. The number of carboxylic acids is 1. The maximum atomic E-state index is 15.6.